The van der Waals surface area contributed by atoms with Gasteiger partial charge in [-0.15, -0.1) is 0 Å². The van der Waals surface area contributed by atoms with Gasteiger partial charge in [-0.2, -0.15) is 0 Å². The van der Waals surface area contributed by atoms with E-state index in [0.717, 1.165) is 0 Å². The predicted molar refractivity (Wildman–Crippen MR) is 74.0 cm³/mol. The number of nitrogens with one attached hydrogen (secondary N) is 1. The summed E-state index contributed by atoms with van der Waals surface area (Å²) in [6.07, 6.45) is 3.05. The van der Waals surface area contributed by atoms with Gasteiger partial charge in [0.25, 0.3) is 5.88 Å². The maximum atomic E-state index is 10.9. The maximum Gasteiger partial charge on any atom is 0.359 e. The highest BCUT2D eigenvalue weighted by Gasteiger charge is 2.16. The lowest BCUT2D eigenvalue weighted by Crippen LogP contribution is -2.00. The summed E-state index contributed by atoms with van der Waals surface area (Å²) in [7, 11) is 0. The van der Waals surface area contributed by atoms with Crippen LogP contribution < -0.4 is 4.74 Å². The number of aromatic amines is 1. The minimum absolute atomic E-state index is 0.120. The van der Waals surface area contributed by atoms with Crippen molar-refractivity contribution in [1.82, 2.24) is 20.4 Å². The number of hydrogen-bond acceptors (Lipinski definition) is 5. The summed E-state index contributed by atoms with van der Waals surface area (Å²) in [5.74, 6) is 5.09. The van der Waals surface area contributed by atoms with Crippen molar-refractivity contribution in [1.29, 1.82) is 0 Å². The molecule has 7 nitrogen and oxygen atoms in total. The molecule has 0 fully saturated rings. The highest BCUT2D eigenvalue weighted by molar-refractivity contribution is 5.87. The van der Waals surface area contributed by atoms with Gasteiger partial charge in [0, 0.05) is 17.2 Å². The Hall–Kier alpha value is -2.88. The van der Waals surface area contributed by atoms with Crippen LogP contribution in [0.25, 0.3) is 0 Å². The molecular weight excluding hydrogens is 272 g/mol. The van der Waals surface area contributed by atoms with Crippen molar-refractivity contribution in [3.63, 3.8) is 0 Å². The first-order valence-corrected chi connectivity index (χ1v) is 6.15. The fraction of sp³-hybridized carbons (Fsp3) is 0.286. The second-order valence-electron chi connectivity index (χ2n) is 5.31. The molecule has 0 radical (unpaired) electrons. The molecule has 0 unspecified atom stereocenters. The first-order valence-electron chi connectivity index (χ1n) is 6.15. The van der Waals surface area contributed by atoms with E-state index in [4.69, 9.17) is 9.84 Å². The molecule has 0 amide bonds. The second kappa shape index (κ2) is 5.63. The lowest BCUT2D eigenvalue weighted by atomic mass is 9.97. The van der Waals surface area contributed by atoms with Crippen LogP contribution in [-0.2, 0) is 0 Å². The van der Waals surface area contributed by atoms with Crippen LogP contribution in [0, 0.1) is 17.3 Å². The summed E-state index contributed by atoms with van der Waals surface area (Å²) >= 11 is 0. The number of ether oxygens (including phenoxy) is 1. The lowest BCUT2D eigenvalue weighted by molar-refractivity contribution is 0.0687. The summed E-state index contributed by atoms with van der Waals surface area (Å²) in [6, 6.07) is 1.66. The molecule has 0 atom stereocenters. The topological polar surface area (TPSA) is 101 Å². The largest absolute Gasteiger partial charge is 0.476 e. The Bertz CT molecular complexity index is 720. The normalized spacial score (nSPS) is 10.6. The van der Waals surface area contributed by atoms with Gasteiger partial charge < -0.3 is 9.84 Å². The minimum atomic E-state index is -1.20. The minimum Gasteiger partial charge on any atom is -0.476 e. The molecule has 2 rings (SSSR count). The molecule has 2 N–H and O–H groups in total. The van der Waals surface area contributed by atoms with Crippen LogP contribution in [0.3, 0.4) is 0 Å². The number of aromatic carboxylic acids is 1. The van der Waals surface area contributed by atoms with E-state index in [2.05, 4.69) is 32.2 Å². The summed E-state index contributed by atoms with van der Waals surface area (Å²) in [5, 5.41) is 18.2. The van der Waals surface area contributed by atoms with Crippen molar-refractivity contribution in [2.24, 2.45) is 5.41 Å². The van der Waals surface area contributed by atoms with E-state index in [1.54, 1.807) is 12.3 Å². The molecule has 2 aromatic rings. The highest BCUT2D eigenvalue weighted by Crippen LogP contribution is 2.21. The summed E-state index contributed by atoms with van der Waals surface area (Å²) in [5.41, 5.74) is 0.323. The Labute approximate surface area is 121 Å². The fourth-order valence-electron chi connectivity index (χ4n) is 1.34. The fourth-order valence-corrected chi connectivity index (χ4v) is 1.34. The van der Waals surface area contributed by atoms with Gasteiger partial charge in [-0.1, -0.05) is 22.2 Å². The number of nitrogens with zero attached hydrogens (tertiary/aromatic N) is 3. The van der Waals surface area contributed by atoms with E-state index < -0.39 is 5.97 Å². The number of carboxylic acids is 1. The molecule has 0 bridgehead atoms. The molecule has 108 valence electrons. The van der Waals surface area contributed by atoms with Gasteiger partial charge in [0.05, 0.1) is 6.20 Å². The molecule has 2 heterocycles. The zero-order chi connectivity index (χ0) is 15.5. The van der Waals surface area contributed by atoms with Crippen molar-refractivity contribution >= 4 is 5.97 Å². The lowest BCUT2D eigenvalue weighted by Gasteiger charge is -2.07. The van der Waals surface area contributed by atoms with E-state index >= 15 is 0 Å². The first kappa shape index (κ1) is 14.5. The van der Waals surface area contributed by atoms with Crippen LogP contribution in [0.4, 0.5) is 0 Å². The third kappa shape index (κ3) is 4.04. The van der Waals surface area contributed by atoms with Crippen molar-refractivity contribution in [2.75, 3.05) is 0 Å². The molecule has 0 spiro atoms. The second-order valence-corrected chi connectivity index (χ2v) is 5.31. The standard InChI is InChI=1S/C14H14N4O3/c1-14(2,3)5-4-9-6-10(8-15-7-9)21-12-11(13(19)20)16-18-17-12/h6-8H,1-3H3,(H,19,20)(H,16,17,18). The molecule has 21 heavy (non-hydrogen) atoms. The summed E-state index contributed by atoms with van der Waals surface area (Å²) < 4.78 is 5.37. The highest BCUT2D eigenvalue weighted by atomic mass is 16.5. The molecule has 0 aromatic carbocycles. The Morgan fingerprint density at radius 1 is 1.38 bits per heavy atom. The van der Waals surface area contributed by atoms with Gasteiger partial charge in [-0.3, -0.25) is 4.98 Å². The molecular formula is C14H14N4O3. The zero-order valence-electron chi connectivity index (χ0n) is 11.8. The van der Waals surface area contributed by atoms with Crippen molar-refractivity contribution in [2.45, 2.75) is 20.8 Å². The monoisotopic (exact) mass is 286 g/mol. The van der Waals surface area contributed by atoms with E-state index in [1.807, 2.05) is 20.8 Å². The quantitative estimate of drug-likeness (QED) is 0.838. The third-order valence-electron chi connectivity index (χ3n) is 2.24. The molecule has 0 aliphatic rings. The SMILES string of the molecule is CC(C)(C)C#Cc1cncc(Oc2nn[nH]c2C(=O)O)c1. The average Bonchev–Trinajstić information content (AvgIpc) is 2.84. The van der Waals surface area contributed by atoms with Gasteiger partial charge in [0.15, 0.2) is 0 Å². The molecule has 0 saturated carbocycles. The predicted octanol–water partition coefficient (Wildman–Crippen LogP) is 2.09. The van der Waals surface area contributed by atoms with Crippen LogP contribution in [0.1, 0.15) is 36.8 Å². The number of aromatic nitrogens is 4. The molecule has 7 heteroatoms. The summed E-state index contributed by atoms with van der Waals surface area (Å²) in [4.78, 5) is 14.9. The molecule has 2 aromatic heterocycles. The van der Waals surface area contributed by atoms with Crippen molar-refractivity contribution in [3.05, 3.63) is 29.7 Å². The molecule has 0 aliphatic carbocycles. The Morgan fingerprint density at radius 3 is 2.81 bits per heavy atom. The number of pyridine rings is 1. The Kier molecular flexibility index (Phi) is 3.89. The average molecular weight is 286 g/mol. The van der Waals surface area contributed by atoms with Gasteiger partial charge in [0.2, 0.25) is 5.69 Å². The van der Waals surface area contributed by atoms with Gasteiger partial charge >= 0.3 is 5.97 Å². The van der Waals surface area contributed by atoms with Gasteiger partial charge in [0.1, 0.15) is 5.75 Å². The van der Waals surface area contributed by atoms with E-state index in [1.165, 1.54) is 6.20 Å². The molecule has 0 saturated heterocycles. The smallest absolute Gasteiger partial charge is 0.359 e. The van der Waals surface area contributed by atoms with E-state index in [9.17, 15) is 4.79 Å². The van der Waals surface area contributed by atoms with E-state index in [-0.39, 0.29) is 17.0 Å². The van der Waals surface area contributed by atoms with Crippen molar-refractivity contribution < 1.29 is 14.6 Å². The first-order chi connectivity index (χ1) is 9.85. The van der Waals surface area contributed by atoms with E-state index in [0.29, 0.717) is 11.3 Å². The van der Waals surface area contributed by atoms with Crippen molar-refractivity contribution in [3.8, 4) is 23.5 Å². The zero-order valence-corrected chi connectivity index (χ0v) is 11.8. The Morgan fingerprint density at radius 2 is 2.14 bits per heavy atom. The van der Waals surface area contributed by atoms with Crippen LogP contribution >= 0.6 is 0 Å². The van der Waals surface area contributed by atoms with Gasteiger partial charge in [-0.25, -0.2) is 9.89 Å². The van der Waals surface area contributed by atoms with Crippen LogP contribution in [-0.4, -0.2) is 31.5 Å². The number of carboxylic acid groups (broad SMARTS) is 1. The van der Waals surface area contributed by atoms with Crippen LogP contribution in [0.2, 0.25) is 0 Å². The molecule has 0 aliphatic heterocycles. The number of hydrogen-bond donors (Lipinski definition) is 2. The number of carbonyl (C=O) groups is 1. The summed E-state index contributed by atoms with van der Waals surface area (Å²) in [6.45, 7) is 6.01. The van der Waals surface area contributed by atoms with Gasteiger partial charge in [-0.05, 0) is 26.8 Å². The number of H-pyrrole nitrogens is 1. The van der Waals surface area contributed by atoms with Crippen LogP contribution in [0.15, 0.2) is 18.5 Å². The Balaban J connectivity index is 2.23. The van der Waals surface area contributed by atoms with Crippen LogP contribution in [0.5, 0.6) is 11.6 Å². The maximum absolute atomic E-state index is 10.9. The third-order valence-corrected chi connectivity index (χ3v) is 2.24. The number of rotatable bonds is 3.